The Balaban J connectivity index is 1.32. The second kappa shape index (κ2) is 8.84. The summed E-state index contributed by atoms with van der Waals surface area (Å²) in [5, 5.41) is 0. The molecule has 3 heteroatoms. The molecule has 1 aliphatic heterocycles. The lowest BCUT2D eigenvalue weighted by Gasteiger charge is -2.32. The third-order valence-corrected chi connectivity index (χ3v) is 4.79. The van der Waals surface area contributed by atoms with Crippen LogP contribution in [-0.2, 0) is 6.42 Å². The van der Waals surface area contributed by atoms with E-state index in [0.29, 0.717) is 12.4 Å². The van der Waals surface area contributed by atoms with E-state index in [4.69, 9.17) is 4.74 Å². The Labute approximate surface area is 144 Å². The Morgan fingerprint density at radius 1 is 0.958 bits per heavy atom. The van der Waals surface area contributed by atoms with Crippen LogP contribution in [0.1, 0.15) is 24.8 Å². The molecule has 24 heavy (non-hydrogen) atoms. The molecule has 2 aromatic carbocycles. The molecule has 1 aliphatic rings. The minimum absolute atomic E-state index is 0.278. The highest BCUT2D eigenvalue weighted by Gasteiger charge is 2.19. The normalized spacial score (nSPS) is 16.2. The molecule has 1 fully saturated rings. The quantitative estimate of drug-likeness (QED) is 0.692. The fourth-order valence-corrected chi connectivity index (χ4v) is 3.39. The molecule has 2 aromatic rings. The maximum Gasteiger partial charge on any atom is 0.165 e. The highest BCUT2D eigenvalue weighted by molar-refractivity contribution is 5.23. The zero-order valence-electron chi connectivity index (χ0n) is 14.2. The van der Waals surface area contributed by atoms with Gasteiger partial charge in [0.05, 0.1) is 6.61 Å². The number of rotatable bonds is 7. The van der Waals surface area contributed by atoms with Crippen LogP contribution in [0.25, 0.3) is 0 Å². The summed E-state index contributed by atoms with van der Waals surface area (Å²) < 4.78 is 19.0. The van der Waals surface area contributed by atoms with E-state index >= 15 is 0 Å². The Kier molecular flexibility index (Phi) is 6.25. The summed E-state index contributed by atoms with van der Waals surface area (Å²) in [6, 6.07) is 17.4. The predicted molar refractivity (Wildman–Crippen MR) is 95.8 cm³/mol. The number of ether oxygens (including phenoxy) is 1. The van der Waals surface area contributed by atoms with Crippen molar-refractivity contribution in [3.05, 3.63) is 66.0 Å². The Morgan fingerprint density at radius 3 is 2.42 bits per heavy atom. The summed E-state index contributed by atoms with van der Waals surface area (Å²) in [6.45, 7) is 3.94. The number of likely N-dealkylation sites (tertiary alicyclic amines) is 1. The minimum Gasteiger partial charge on any atom is -0.490 e. The zero-order valence-corrected chi connectivity index (χ0v) is 14.2. The lowest BCUT2D eigenvalue weighted by molar-refractivity contribution is 0.169. The Hall–Kier alpha value is -1.87. The first-order valence-electron chi connectivity index (χ1n) is 8.95. The predicted octanol–water partition coefficient (Wildman–Crippen LogP) is 4.55. The van der Waals surface area contributed by atoms with E-state index in [2.05, 4.69) is 35.2 Å². The van der Waals surface area contributed by atoms with Crippen molar-refractivity contribution in [1.82, 2.24) is 4.90 Å². The van der Waals surface area contributed by atoms with Gasteiger partial charge < -0.3 is 9.64 Å². The van der Waals surface area contributed by atoms with Gasteiger partial charge in [-0.3, -0.25) is 0 Å². The largest absolute Gasteiger partial charge is 0.490 e. The van der Waals surface area contributed by atoms with Crippen LogP contribution >= 0.6 is 0 Å². The van der Waals surface area contributed by atoms with Crippen molar-refractivity contribution in [2.75, 3.05) is 26.2 Å². The van der Waals surface area contributed by atoms with E-state index in [1.54, 1.807) is 18.2 Å². The number of benzene rings is 2. The molecule has 0 amide bonds. The molecule has 0 aromatic heterocycles. The summed E-state index contributed by atoms with van der Waals surface area (Å²) in [7, 11) is 0. The number of nitrogens with zero attached hydrogens (tertiary/aromatic N) is 1. The molecule has 0 spiro atoms. The van der Waals surface area contributed by atoms with E-state index in [0.717, 1.165) is 32.0 Å². The van der Waals surface area contributed by atoms with Crippen LogP contribution < -0.4 is 4.74 Å². The third kappa shape index (κ3) is 5.07. The molecular weight excluding hydrogens is 301 g/mol. The number of piperidine rings is 1. The molecule has 0 N–H and O–H groups in total. The van der Waals surface area contributed by atoms with Gasteiger partial charge in [0.15, 0.2) is 11.6 Å². The van der Waals surface area contributed by atoms with Gasteiger partial charge in [-0.15, -0.1) is 0 Å². The van der Waals surface area contributed by atoms with Crippen LogP contribution in [0.5, 0.6) is 5.75 Å². The first-order chi connectivity index (χ1) is 11.8. The number of hydrogen-bond acceptors (Lipinski definition) is 2. The molecule has 1 saturated heterocycles. The van der Waals surface area contributed by atoms with Gasteiger partial charge in [0.25, 0.3) is 0 Å². The number of hydrogen-bond donors (Lipinski definition) is 0. The summed E-state index contributed by atoms with van der Waals surface area (Å²) in [4.78, 5) is 2.51. The van der Waals surface area contributed by atoms with Crippen molar-refractivity contribution in [2.24, 2.45) is 5.92 Å². The van der Waals surface area contributed by atoms with Gasteiger partial charge in [0.1, 0.15) is 0 Å². The molecule has 0 saturated carbocycles. The monoisotopic (exact) mass is 327 g/mol. The summed E-state index contributed by atoms with van der Waals surface area (Å²) >= 11 is 0. The fourth-order valence-electron chi connectivity index (χ4n) is 3.39. The van der Waals surface area contributed by atoms with Gasteiger partial charge in [-0.2, -0.15) is 0 Å². The average Bonchev–Trinajstić information content (AvgIpc) is 2.62. The van der Waals surface area contributed by atoms with E-state index in [1.807, 2.05) is 0 Å². The van der Waals surface area contributed by atoms with E-state index in [-0.39, 0.29) is 5.82 Å². The van der Waals surface area contributed by atoms with Crippen molar-refractivity contribution in [3.63, 3.8) is 0 Å². The molecule has 0 bridgehead atoms. The smallest absolute Gasteiger partial charge is 0.165 e. The molecular formula is C21H26FNO. The first-order valence-corrected chi connectivity index (χ1v) is 8.95. The van der Waals surface area contributed by atoms with Crippen LogP contribution in [0.2, 0.25) is 0 Å². The van der Waals surface area contributed by atoms with Crippen molar-refractivity contribution in [3.8, 4) is 5.75 Å². The number of para-hydroxylation sites is 1. The lowest BCUT2D eigenvalue weighted by Crippen LogP contribution is -2.35. The maximum atomic E-state index is 13.5. The standard InChI is InChI=1S/C21H26FNO/c22-20-9-4-5-10-21(20)24-16-6-13-23-14-11-19(12-15-23)17-18-7-2-1-3-8-18/h1-5,7-10,19H,6,11-17H2. The van der Waals surface area contributed by atoms with Gasteiger partial charge in [0, 0.05) is 6.54 Å². The average molecular weight is 327 g/mol. The highest BCUT2D eigenvalue weighted by atomic mass is 19.1. The number of halogens is 1. The van der Waals surface area contributed by atoms with Crippen LogP contribution in [0, 0.1) is 11.7 Å². The second-order valence-corrected chi connectivity index (χ2v) is 6.61. The third-order valence-electron chi connectivity index (χ3n) is 4.79. The SMILES string of the molecule is Fc1ccccc1OCCCN1CCC(Cc2ccccc2)CC1. The molecule has 1 heterocycles. The molecule has 0 atom stereocenters. The van der Waals surface area contributed by atoms with E-state index < -0.39 is 0 Å². The van der Waals surface area contributed by atoms with Gasteiger partial charge in [-0.05, 0) is 62.4 Å². The van der Waals surface area contributed by atoms with E-state index in [1.165, 1.54) is 30.9 Å². The van der Waals surface area contributed by atoms with Gasteiger partial charge >= 0.3 is 0 Å². The second-order valence-electron chi connectivity index (χ2n) is 6.61. The Morgan fingerprint density at radius 2 is 1.67 bits per heavy atom. The van der Waals surface area contributed by atoms with E-state index in [9.17, 15) is 4.39 Å². The van der Waals surface area contributed by atoms with Crippen LogP contribution in [0.4, 0.5) is 4.39 Å². The van der Waals surface area contributed by atoms with Crippen molar-refractivity contribution in [1.29, 1.82) is 0 Å². The Bertz CT molecular complexity index is 608. The molecule has 0 unspecified atom stereocenters. The summed E-state index contributed by atoms with van der Waals surface area (Å²) in [6.07, 6.45) is 4.68. The van der Waals surface area contributed by atoms with Crippen molar-refractivity contribution in [2.45, 2.75) is 25.7 Å². The van der Waals surface area contributed by atoms with Gasteiger partial charge in [-0.25, -0.2) is 4.39 Å². The first kappa shape index (κ1) is 17.0. The van der Waals surface area contributed by atoms with Crippen LogP contribution in [-0.4, -0.2) is 31.1 Å². The van der Waals surface area contributed by atoms with Crippen LogP contribution in [0.15, 0.2) is 54.6 Å². The minimum atomic E-state index is -0.278. The van der Waals surface area contributed by atoms with Crippen molar-refractivity contribution >= 4 is 0 Å². The summed E-state index contributed by atoms with van der Waals surface area (Å²) in [5.74, 6) is 0.886. The lowest BCUT2D eigenvalue weighted by atomic mass is 9.90. The maximum absolute atomic E-state index is 13.5. The zero-order chi connectivity index (χ0) is 16.6. The fraction of sp³-hybridized carbons (Fsp3) is 0.429. The molecule has 2 nitrogen and oxygen atoms in total. The van der Waals surface area contributed by atoms with Gasteiger partial charge in [0.2, 0.25) is 0 Å². The molecule has 0 radical (unpaired) electrons. The van der Waals surface area contributed by atoms with Crippen molar-refractivity contribution < 1.29 is 9.13 Å². The highest BCUT2D eigenvalue weighted by Crippen LogP contribution is 2.22. The topological polar surface area (TPSA) is 12.5 Å². The molecule has 0 aliphatic carbocycles. The van der Waals surface area contributed by atoms with Crippen LogP contribution in [0.3, 0.4) is 0 Å². The molecule has 3 rings (SSSR count). The van der Waals surface area contributed by atoms with Gasteiger partial charge in [-0.1, -0.05) is 42.5 Å². The molecule has 128 valence electrons. The summed E-state index contributed by atoms with van der Waals surface area (Å²) in [5.41, 5.74) is 1.45.